The minimum Gasteiger partial charge on any atom is -0.270 e. The predicted octanol–water partition coefficient (Wildman–Crippen LogP) is -0.611. The van der Waals surface area contributed by atoms with Gasteiger partial charge in [0.05, 0.1) is 0 Å². The van der Waals surface area contributed by atoms with Crippen molar-refractivity contribution in [3.8, 4) is 0 Å². The molecule has 0 atom stereocenters. The van der Waals surface area contributed by atoms with Gasteiger partial charge in [0.1, 0.15) is 6.54 Å². The number of hydrogen-bond donors (Lipinski definition) is 1. The van der Waals surface area contributed by atoms with Gasteiger partial charge in [-0.05, 0) is 0 Å². The van der Waals surface area contributed by atoms with Gasteiger partial charge in [0.25, 0.3) is 5.91 Å². The molecular weight excluding hydrogens is 224 g/mol. The summed E-state index contributed by atoms with van der Waals surface area (Å²) in [4.78, 5) is 21.6. The molecule has 1 aliphatic rings. The summed E-state index contributed by atoms with van der Waals surface area (Å²) in [7, 11) is 0.477. The molecule has 1 N–H and O–H groups in total. The van der Waals surface area contributed by atoms with E-state index in [1.54, 1.807) is 0 Å². The predicted molar refractivity (Wildman–Crippen MR) is 39.9 cm³/mol. The van der Waals surface area contributed by atoms with Crippen molar-refractivity contribution in [1.29, 1.82) is 0 Å². The minimum absolute atomic E-state index is 0.278. The van der Waals surface area contributed by atoms with Crippen molar-refractivity contribution in [2.75, 3.05) is 6.54 Å². The fourth-order valence-corrected chi connectivity index (χ4v) is 1.07. The van der Waals surface area contributed by atoms with E-state index in [1.807, 2.05) is 0 Å². The largest absolute Gasteiger partial charge is 0.361 e. The van der Waals surface area contributed by atoms with Gasteiger partial charge >= 0.3 is 15.3 Å². The third-order valence-electron chi connectivity index (χ3n) is 0.996. The fraction of sp³-hybridized carbons (Fsp3) is 0.333. The minimum atomic E-state index is -4.21. The second kappa shape index (κ2) is 3.26. The molecule has 0 unspecified atom stereocenters. The van der Waals surface area contributed by atoms with Crippen molar-refractivity contribution in [2.45, 2.75) is 0 Å². The van der Waals surface area contributed by atoms with Crippen molar-refractivity contribution in [2.24, 2.45) is 10.3 Å². The number of rotatable bonds is 1. The van der Waals surface area contributed by atoms with Crippen LogP contribution >= 0.6 is 10.7 Å². The molecule has 0 saturated heterocycles. The molecule has 0 aromatic rings. The van der Waals surface area contributed by atoms with Crippen LogP contribution in [0.15, 0.2) is 10.3 Å². The maximum atomic E-state index is 10.8. The van der Waals surface area contributed by atoms with Gasteiger partial charge in [-0.3, -0.25) is 4.79 Å². The standard InChI is InChI=1S/C3H3ClN4O4S/c4-13(11,12)6-3(10)8-2(9)1-5-7-8/h1H2,(H,6,10). The first-order valence-corrected chi connectivity index (χ1v) is 5.18. The van der Waals surface area contributed by atoms with Gasteiger partial charge in [-0.15, -0.1) is 5.01 Å². The molecule has 1 rings (SSSR count). The monoisotopic (exact) mass is 226 g/mol. The zero-order valence-corrected chi connectivity index (χ0v) is 7.54. The molecular formula is C3H3ClN4O4S. The van der Waals surface area contributed by atoms with Gasteiger partial charge in [0.15, 0.2) is 0 Å². The van der Waals surface area contributed by atoms with Crippen LogP contribution in [0.3, 0.4) is 0 Å². The molecule has 3 amide bonds. The van der Waals surface area contributed by atoms with E-state index in [-0.39, 0.29) is 11.6 Å². The van der Waals surface area contributed by atoms with Crippen LogP contribution in [-0.4, -0.2) is 31.9 Å². The number of hydrogen-bond acceptors (Lipinski definition) is 6. The number of carbonyl (C=O) groups is 2. The van der Waals surface area contributed by atoms with Crippen LogP contribution in [0.2, 0.25) is 0 Å². The number of carbonyl (C=O) groups excluding carboxylic acids is 2. The molecule has 10 heteroatoms. The summed E-state index contributed by atoms with van der Waals surface area (Å²) < 4.78 is 22.0. The topological polar surface area (TPSA) is 108 Å². The average Bonchev–Trinajstić information content (AvgIpc) is 2.30. The molecule has 13 heavy (non-hydrogen) atoms. The zero-order valence-electron chi connectivity index (χ0n) is 5.97. The fourth-order valence-electron chi connectivity index (χ4n) is 0.574. The molecule has 0 aliphatic carbocycles. The van der Waals surface area contributed by atoms with E-state index in [0.717, 1.165) is 0 Å². The molecule has 0 saturated carbocycles. The first kappa shape index (κ1) is 9.86. The molecule has 1 heterocycles. The van der Waals surface area contributed by atoms with Crippen LogP contribution in [0.5, 0.6) is 0 Å². The summed E-state index contributed by atoms with van der Waals surface area (Å²) in [6, 6.07) is -1.25. The number of halogens is 1. The Morgan fingerprint density at radius 1 is 1.62 bits per heavy atom. The van der Waals surface area contributed by atoms with E-state index < -0.39 is 21.2 Å². The molecule has 0 fully saturated rings. The lowest BCUT2D eigenvalue weighted by Crippen LogP contribution is -2.40. The first-order chi connectivity index (χ1) is 5.90. The summed E-state index contributed by atoms with van der Waals surface area (Å²) in [6.07, 6.45) is 0. The van der Waals surface area contributed by atoms with Crippen molar-refractivity contribution in [3.05, 3.63) is 0 Å². The number of urea groups is 1. The zero-order chi connectivity index (χ0) is 10.1. The van der Waals surface area contributed by atoms with Crippen LogP contribution in [0.1, 0.15) is 0 Å². The van der Waals surface area contributed by atoms with E-state index in [2.05, 4.69) is 21.0 Å². The molecule has 72 valence electrons. The summed E-state index contributed by atoms with van der Waals surface area (Å²) in [5.74, 6) is -0.724. The van der Waals surface area contributed by atoms with Gasteiger partial charge in [-0.25, -0.2) is 9.52 Å². The molecule has 0 spiro atoms. The van der Waals surface area contributed by atoms with Crippen molar-refractivity contribution in [1.82, 2.24) is 9.73 Å². The van der Waals surface area contributed by atoms with Gasteiger partial charge in [-0.1, -0.05) is 5.22 Å². The van der Waals surface area contributed by atoms with Crippen molar-refractivity contribution < 1.29 is 18.0 Å². The Labute approximate surface area is 77.1 Å². The summed E-state index contributed by atoms with van der Waals surface area (Å²) >= 11 is 0. The van der Waals surface area contributed by atoms with Crippen LogP contribution < -0.4 is 4.72 Å². The molecule has 0 aromatic carbocycles. The van der Waals surface area contributed by atoms with Crippen LogP contribution in [0.4, 0.5) is 4.79 Å². The Morgan fingerprint density at radius 3 is 2.62 bits per heavy atom. The highest BCUT2D eigenvalue weighted by Gasteiger charge is 2.27. The van der Waals surface area contributed by atoms with Crippen LogP contribution in [0.25, 0.3) is 0 Å². The average molecular weight is 227 g/mol. The van der Waals surface area contributed by atoms with E-state index in [9.17, 15) is 18.0 Å². The Hall–Kier alpha value is -1.22. The highest BCUT2D eigenvalue weighted by atomic mass is 35.7. The van der Waals surface area contributed by atoms with Gasteiger partial charge in [0, 0.05) is 10.7 Å². The Morgan fingerprint density at radius 2 is 2.23 bits per heavy atom. The number of nitrogens with zero attached hydrogens (tertiary/aromatic N) is 3. The molecule has 0 aromatic heterocycles. The molecule has 0 radical (unpaired) electrons. The third-order valence-corrected chi connectivity index (χ3v) is 1.65. The summed E-state index contributed by atoms with van der Waals surface area (Å²) in [5, 5.41) is 6.55. The first-order valence-electron chi connectivity index (χ1n) is 2.87. The third kappa shape index (κ3) is 2.63. The highest BCUT2D eigenvalue weighted by Crippen LogP contribution is 2.03. The van der Waals surface area contributed by atoms with Crippen molar-refractivity contribution in [3.63, 3.8) is 0 Å². The number of imide groups is 1. The van der Waals surface area contributed by atoms with E-state index in [1.165, 1.54) is 4.72 Å². The van der Waals surface area contributed by atoms with E-state index in [0.29, 0.717) is 0 Å². The van der Waals surface area contributed by atoms with Gasteiger partial charge < -0.3 is 0 Å². The van der Waals surface area contributed by atoms with Crippen molar-refractivity contribution >= 4 is 31.9 Å². The lowest BCUT2D eigenvalue weighted by Gasteiger charge is -2.06. The highest BCUT2D eigenvalue weighted by molar-refractivity contribution is 8.12. The van der Waals surface area contributed by atoms with E-state index in [4.69, 9.17) is 0 Å². The Kier molecular flexibility index (Phi) is 2.48. The van der Waals surface area contributed by atoms with Gasteiger partial charge in [0.2, 0.25) is 0 Å². The quantitative estimate of drug-likeness (QED) is 0.602. The van der Waals surface area contributed by atoms with Crippen LogP contribution in [-0.2, 0) is 14.0 Å². The Bertz CT molecular complexity index is 375. The molecule has 0 bridgehead atoms. The second-order valence-electron chi connectivity index (χ2n) is 1.94. The van der Waals surface area contributed by atoms with Crippen LogP contribution in [0, 0.1) is 0 Å². The number of amides is 3. The van der Waals surface area contributed by atoms with E-state index >= 15 is 0 Å². The second-order valence-corrected chi connectivity index (χ2v) is 4.24. The molecule has 1 aliphatic heterocycles. The lowest BCUT2D eigenvalue weighted by atomic mass is 10.6. The molecule has 8 nitrogen and oxygen atoms in total. The van der Waals surface area contributed by atoms with Gasteiger partial charge in [-0.2, -0.15) is 13.5 Å². The normalized spacial score (nSPS) is 16.4. The summed E-state index contributed by atoms with van der Waals surface area (Å²) in [5.41, 5.74) is 0. The number of nitrogens with one attached hydrogen (secondary N) is 1. The Balaban J connectivity index is 2.69. The smallest absolute Gasteiger partial charge is 0.270 e. The maximum Gasteiger partial charge on any atom is 0.361 e. The lowest BCUT2D eigenvalue weighted by molar-refractivity contribution is -0.124. The maximum absolute atomic E-state index is 10.8. The summed E-state index contributed by atoms with van der Waals surface area (Å²) in [6.45, 7) is -0.282. The SMILES string of the molecule is O=C1CN=NN1C(=O)NS(=O)(=O)Cl.